The molecular weight excluding hydrogens is 262 g/mol. The van der Waals surface area contributed by atoms with Gasteiger partial charge in [0, 0.05) is 25.7 Å². The molecule has 2 amide bonds. The summed E-state index contributed by atoms with van der Waals surface area (Å²) in [4.78, 5) is 26.2. The fourth-order valence-corrected chi connectivity index (χ4v) is 2.37. The SMILES string of the molecule is CC(C)NC(=O)C1COCCN1C(=O)C1CNCCO1. The largest absolute Gasteiger partial charge is 0.377 e. The van der Waals surface area contributed by atoms with E-state index in [0.29, 0.717) is 26.3 Å². The van der Waals surface area contributed by atoms with Gasteiger partial charge in [0.15, 0.2) is 0 Å². The predicted octanol–water partition coefficient (Wildman–Crippen LogP) is -1.27. The summed E-state index contributed by atoms with van der Waals surface area (Å²) in [5.74, 6) is -0.304. The minimum Gasteiger partial charge on any atom is -0.377 e. The van der Waals surface area contributed by atoms with Crippen LogP contribution in [0, 0.1) is 0 Å². The van der Waals surface area contributed by atoms with Crippen molar-refractivity contribution in [3.8, 4) is 0 Å². The van der Waals surface area contributed by atoms with Gasteiger partial charge >= 0.3 is 0 Å². The summed E-state index contributed by atoms with van der Waals surface area (Å²) in [5.41, 5.74) is 0. The lowest BCUT2D eigenvalue weighted by Crippen LogP contribution is -2.60. The van der Waals surface area contributed by atoms with Crippen LogP contribution >= 0.6 is 0 Å². The molecule has 2 atom stereocenters. The Kier molecular flexibility index (Phi) is 5.33. The van der Waals surface area contributed by atoms with Crippen LogP contribution in [0.4, 0.5) is 0 Å². The third kappa shape index (κ3) is 3.68. The summed E-state index contributed by atoms with van der Waals surface area (Å²) in [6.45, 7) is 6.67. The molecule has 0 aromatic carbocycles. The molecule has 114 valence electrons. The fourth-order valence-electron chi connectivity index (χ4n) is 2.37. The Hall–Kier alpha value is -1.18. The second-order valence-electron chi connectivity index (χ2n) is 5.35. The van der Waals surface area contributed by atoms with Gasteiger partial charge in [-0.2, -0.15) is 0 Å². The first-order valence-electron chi connectivity index (χ1n) is 7.10. The molecule has 7 heteroatoms. The number of carbonyl (C=O) groups excluding carboxylic acids is 2. The van der Waals surface area contributed by atoms with Crippen molar-refractivity contribution in [2.24, 2.45) is 0 Å². The first-order valence-corrected chi connectivity index (χ1v) is 7.10. The van der Waals surface area contributed by atoms with E-state index in [1.807, 2.05) is 13.8 Å². The van der Waals surface area contributed by atoms with Gasteiger partial charge < -0.3 is 25.0 Å². The molecule has 2 rings (SSSR count). The number of nitrogens with zero attached hydrogens (tertiary/aromatic N) is 1. The minimum atomic E-state index is -0.566. The highest BCUT2D eigenvalue weighted by Crippen LogP contribution is 2.12. The number of morpholine rings is 2. The summed E-state index contributed by atoms with van der Waals surface area (Å²) in [6.07, 6.45) is -0.504. The molecule has 2 N–H and O–H groups in total. The summed E-state index contributed by atoms with van der Waals surface area (Å²) >= 11 is 0. The summed E-state index contributed by atoms with van der Waals surface area (Å²) in [7, 11) is 0. The molecule has 0 aromatic heterocycles. The van der Waals surface area contributed by atoms with Crippen LogP contribution in [0.2, 0.25) is 0 Å². The van der Waals surface area contributed by atoms with Gasteiger partial charge in [0.25, 0.3) is 5.91 Å². The zero-order valence-electron chi connectivity index (χ0n) is 12.1. The zero-order valence-corrected chi connectivity index (χ0v) is 12.1. The van der Waals surface area contributed by atoms with E-state index in [9.17, 15) is 9.59 Å². The fraction of sp³-hybridized carbons (Fsp3) is 0.846. The molecule has 2 aliphatic rings. The van der Waals surface area contributed by atoms with Crippen molar-refractivity contribution in [2.45, 2.75) is 32.0 Å². The van der Waals surface area contributed by atoms with E-state index >= 15 is 0 Å². The van der Waals surface area contributed by atoms with Gasteiger partial charge in [-0.05, 0) is 13.8 Å². The minimum absolute atomic E-state index is 0.0361. The van der Waals surface area contributed by atoms with E-state index in [0.717, 1.165) is 6.54 Å². The molecule has 0 spiro atoms. The van der Waals surface area contributed by atoms with Crippen LogP contribution in [0.3, 0.4) is 0 Å². The summed E-state index contributed by atoms with van der Waals surface area (Å²) in [5, 5.41) is 5.96. The van der Waals surface area contributed by atoms with Gasteiger partial charge in [-0.3, -0.25) is 9.59 Å². The van der Waals surface area contributed by atoms with Gasteiger partial charge in [0.2, 0.25) is 5.91 Å². The lowest BCUT2D eigenvalue weighted by atomic mass is 10.1. The van der Waals surface area contributed by atoms with Crippen molar-refractivity contribution in [2.75, 3.05) is 39.5 Å². The monoisotopic (exact) mass is 285 g/mol. The third-order valence-corrected chi connectivity index (χ3v) is 3.35. The Morgan fingerprint density at radius 1 is 1.35 bits per heavy atom. The van der Waals surface area contributed by atoms with Crippen molar-refractivity contribution >= 4 is 11.8 Å². The number of nitrogens with one attached hydrogen (secondary N) is 2. The highest BCUT2D eigenvalue weighted by molar-refractivity contribution is 5.90. The van der Waals surface area contributed by atoms with Crippen LogP contribution in [-0.4, -0.2) is 74.4 Å². The maximum Gasteiger partial charge on any atom is 0.253 e. The maximum absolute atomic E-state index is 12.5. The molecule has 0 bridgehead atoms. The normalized spacial score (nSPS) is 27.4. The molecule has 2 aliphatic heterocycles. The average Bonchev–Trinajstić information content (AvgIpc) is 2.46. The molecule has 2 fully saturated rings. The number of hydrogen-bond acceptors (Lipinski definition) is 5. The van der Waals surface area contributed by atoms with E-state index < -0.39 is 12.1 Å². The Morgan fingerprint density at radius 2 is 2.15 bits per heavy atom. The number of ether oxygens (including phenoxy) is 2. The lowest BCUT2D eigenvalue weighted by molar-refractivity contribution is -0.158. The standard InChI is InChI=1S/C13H23N3O4/c1-9(2)15-12(17)10-8-19-6-4-16(10)13(18)11-7-14-3-5-20-11/h9-11,14H,3-8H2,1-2H3,(H,15,17). The van der Waals surface area contributed by atoms with E-state index in [1.165, 1.54) is 0 Å². The molecule has 2 heterocycles. The molecule has 2 saturated heterocycles. The molecule has 0 saturated carbocycles. The van der Waals surface area contributed by atoms with Gasteiger partial charge in [-0.1, -0.05) is 0 Å². The zero-order chi connectivity index (χ0) is 14.5. The number of rotatable bonds is 3. The van der Waals surface area contributed by atoms with E-state index in [2.05, 4.69) is 10.6 Å². The molecule has 0 aromatic rings. The lowest BCUT2D eigenvalue weighted by Gasteiger charge is -2.37. The highest BCUT2D eigenvalue weighted by atomic mass is 16.5. The number of carbonyl (C=O) groups is 2. The van der Waals surface area contributed by atoms with E-state index in [1.54, 1.807) is 4.90 Å². The van der Waals surface area contributed by atoms with Crippen LogP contribution in [0.1, 0.15) is 13.8 Å². The molecule has 0 aliphatic carbocycles. The Labute approximate surface area is 119 Å². The first kappa shape index (κ1) is 15.2. The Bertz CT molecular complexity index is 356. The molecule has 7 nitrogen and oxygen atoms in total. The van der Waals surface area contributed by atoms with Crippen LogP contribution in [0.15, 0.2) is 0 Å². The van der Waals surface area contributed by atoms with Gasteiger partial charge in [-0.15, -0.1) is 0 Å². The second-order valence-corrected chi connectivity index (χ2v) is 5.35. The van der Waals surface area contributed by atoms with Crippen LogP contribution in [-0.2, 0) is 19.1 Å². The number of amides is 2. The maximum atomic E-state index is 12.5. The van der Waals surface area contributed by atoms with Gasteiger partial charge in [0.1, 0.15) is 12.1 Å². The average molecular weight is 285 g/mol. The van der Waals surface area contributed by atoms with Crippen molar-refractivity contribution in [1.29, 1.82) is 0 Å². The molecular formula is C13H23N3O4. The number of hydrogen-bond donors (Lipinski definition) is 2. The van der Waals surface area contributed by atoms with Crippen molar-refractivity contribution < 1.29 is 19.1 Å². The van der Waals surface area contributed by atoms with Crippen molar-refractivity contribution in [1.82, 2.24) is 15.5 Å². The van der Waals surface area contributed by atoms with E-state index in [4.69, 9.17) is 9.47 Å². The first-order chi connectivity index (χ1) is 9.59. The van der Waals surface area contributed by atoms with Crippen molar-refractivity contribution in [3.63, 3.8) is 0 Å². The summed E-state index contributed by atoms with van der Waals surface area (Å²) in [6, 6.07) is -0.529. The van der Waals surface area contributed by atoms with Crippen LogP contribution < -0.4 is 10.6 Å². The second kappa shape index (κ2) is 7.01. The van der Waals surface area contributed by atoms with Crippen molar-refractivity contribution in [3.05, 3.63) is 0 Å². The molecule has 20 heavy (non-hydrogen) atoms. The van der Waals surface area contributed by atoms with E-state index in [-0.39, 0.29) is 24.5 Å². The Morgan fingerprint density at radius 3 is 2.80 bits per heavy atom. The van der Waals surface area contributed by atoms with Crippen LogP contribution in [0.25, 0.3) is 0 Å². The van der Waals surface area contributed by atoms with Crippen LogP contribution in [0.5, 0.6) is 0 Å². The summed E-state index contributed by atoms with van der Waals surface area (Å²) < 4.78 is 10.8. The topological polar surface area (TPSA) is 79.9 Å². The van der Waals surface area contributed by atoms with Gasteiger partial charge in [-0.25, -0.2) is 0 Å². The third-order valence-electron chi connectivity index (χ3n) is 3.35. The molecule has 0 radical (unpaired) electrons. The van der Waals surface area contributed by atoms with Gasteiger partial charge in [0.05, 0.1) is 19.8 Å². The molecule has 2 unspecified atom stereocenters. The Balaban J connectivity index is 2.01. The predicted molar refractivity (Wildman–Crippen MR) is 72.2 cm³/mol. The quantitative estimate of drug-likeness (QED) is 0.676. The highest BCUT2D eigenvalue weighted by Gasteiger charge is 2.37. The smallest absolute Gasteiger partial charge is 0.253 e.